The zero-order valence-corrected chi connectivity index (χ0v) is 18.6. The van der Waals surface area contributed by atoms with Crippen molar-refractivity contribution < 1.29 is 19.1 Å². The molecule has 1 saturated heterocycles. The number of nitrogens with zero attached hydrogens (tertiary/aromatic N) is 2. The monoisotopic (exact) mass is 450 g/mol. The number of carbonyl (C=O) groups excluding carboxylic acids is 2. The van der Waals surface area contributed by atoms with Crippen molar-refractivity contribution in [3.05, 3.63) is 58.1 Å². The molecule has 0 radical (unpaired) electrons. The van der Waals surface area contributed by atoms with Gasteiger partial charge in [0.25, 0.3) is 5.56 Å². The number of carbonyl (C=O) groups is 2. The lowest BCUT2D eigenvalue weighted by molar-refractivity contribution is -0.117. The second kappa shape index (κ2) is 8.40. The lowest BCUT2D eigenvalue weighted by Crippen LogP contribution is -2.49. The Morgan fingerprint density at radius 2 is 1.94 bits per heavy atom. The van der Waals surface area contributed by atoms with Gasteiger partial charge in [-0.25, -0.2) is 4.79 Å². The molecule has 2 N–H and O–H groups in total. The van der Waals surface area contributed by atoms with E-state index in [0.717, 1.165) is 18.7 Å². The molecule has 5 rings (SSSR count). The molecule has 0 saturated carbocycles. The van der Waals surface area contributed by atoms with Crippen LogP contribution in [0.4, 0.5) is 5.69 Å². The summed E-state index contributed by atoms with van der Waals surface area (Å²) in [6, 6.07) is 10.8. The van der Waals surface area contributed by atoms with E-state index in [9.17, 15) is 14.4 Å². The van der Waals surface area contributed by atoms with Crippen LogP contribution in [0.3, 0.4) is 0 Å². The Balaban J connectivity index is 1.38. The molecule has 2 aliphatic rings. The van der Waals surface area contributed by atoms with E-state index >= 15 is 0 Å². The lowest BCUT2D eigenvalue weighted by atomic mass is 9.83. The average Bonchev–Trinajstić information content (AvgIpc) is 3.17. The summed E-state index contributed by atoms with van der Waals surface area (Å²) in [5, 5.41) is 3.54. The molecule has 2 atom stereocenters. The van der Waals surface area contributed by atoms with Gasteiger partial charge in [0.15, 0.2) is 0 Å². The second-order valence-corrected chi connectivity index (χ2v) is 8.69. The summed E-state index contributed by atoms with van der Waals surface area (Å²) in [5.41, 5.74) is 2.28. The normalized spacial score (nSPS) is 19.7. The Morgan fingerprint density at radius 3 is 2.73 bits per heavy atom. The highest BCUT2D eigenvalue weighted by molar-refractivity contribution is 6.13. The smallest absolute Gasteiger partial charge is 0.356 e. The molecule has 2 aliphatic heterocycles. The molecule has 3 aromatic rings. The van der Waals surface area contributed by atoms with Crippen molar-refractivity contribution in [3.8, 4) is 5.75 Å². The molecular weight excluding hydrogens is 424 g/mol. The van der Waals surface area contributed by atoms with Crippen molar-refractivity contribution in [1.29, 1.82) is 0 Å². The maximum atomic E-state index is 13.1. The van der Waals surface area contributed by atoms with Gasteiger partial charge in [-0.3, -0.25) is 14.5 Å². The van der Waals surface area contributed by atoms with Crippen molar-refractivity contribution in [2.75, 3.05) is 39.2 Å². The number of likely N-dealkylation sites (tertiary alicyclic amines) is 1. The fourth-order valence-corrected chi connectivity index (χ4v) is 5.27. The summed E-state index contributed by atoms with van der Waals surface area (Å²) in [6.07, 6.45) is 1.02. The van der Waals surface area contributed by atoms with E-state index in [-0.39, 0.29) is 29.6 Å². The van der Waals surface area contributed by atoms with Crippen LogP contribution in [-0.2, 0) is 16.1 Å². The first-order valence-corrected chi connectivity index (χ1v) is 11.0. The van der Waals surface area contributed by atoms with Crippen molar-refractivity contribution in [2.24, 2.45) is 5.92 Å². The Labute approximate surface area is 190 Å². The predicted octanol–water partition coefficient (Wildman–Crippen LogP) is 2.18. The lowest BCUT2D eigenvalue weighted by Gasteiger charge is -2.42. The van der Waals surface area contributed by atoms with Crippen LogP contribution in [0.1, 0.15) is 28.5 Å². The van der Waals surface area contributed by atoms with E-state index in [1.165, 1.54) is 7.11 Å². The van der Waals surface area contributed by atoms with Crippen molar-refractivity contribution >= 4 is 28.5 Å². The maximum absolute atomic E-state index is 13.1. The number of methoxy groups -OCH3 is 2. The number of rotatable bonds is 5. The Kier molecular flexibility index (Phi) is 5.41. The second-order valence-electron chi connectivity index (χ2n) is 8.69. The van der Waals surface area contributed by atoms with Gasteiger partial charge in [-0.1, -0.05) is 12.1 Å². The number of aromatic nitrogens is 2. The number of H-pyrrole nitrogens is 1. The van der Waals surface area contributed by atoms with Gasteiger partial charge in [0.2, 0.25) is 5.91 Å². The number of aromatic amines is 1. The SMILES string of the molecule is COC(=O)c1[nH]c2cccc(OC)c2c1NC(=O)CN1C[C@H]2C[C@H](C1)c1cccc(=O)n1C2. The highest BCUT2D eigenvalue weighted by Crippen LogP contribution is 2.37. The number of ether oxygens (including phenoxy) is 2. The summed E-state index contributed by atoms with van der Waals surface area (Å²) < 4.78 is 12.2. The van der Waals surface area contributed by atoms with Crippen molar-refractivity contribution in [2.45, 2.75) is 18.9 Å². The molecule has 0 unspecified atom stereocenters. The van der Waals surface area contributed by atoms with E-state index in [2.05, 4.69) is 15.2 Å². The predicted molar refractivity (Wildman–Crippen MR) is 123 cm³/mol. The molecule has 9 heteroatoms. The zero-order chi connectivity index (χ0) is 23.1. The molecule has 4 heterocycles. The van der Waals surface area contributed by atoms with E-state index in [4.69, 9.17) is 9.47 Å². The first kappa shape index (κ1) is 21.3. The summed E-state index contributed by atoms with van der Waals surface area (Å²) in [7, 11) is 2.84. The summed E-state index contributed by atoms with van der Waals surface area (Å²) >= 11 is 0. The highest BCUT2D eigenvalue weighted by Gasteiger charge is 2.35. The number of fused-ring (bicyclic) bond motifs is 5. The number of hydrogen-bond donors (Lipinski definition) is 2. The largest absolute Gasteiger partial charge is 0.496 e. The number of piperidine rings is 1. The van der Waals surface area contributed by atoms with E-state index in [0.29, 0.717) is 41.3 Å². The minimum Gasteiger partial charge on any atom is -0.496 e. The molecular formula is C24H26N4O5. The zero-order valence-electron chi connectivity index (χ0n) is 18.6. The average molecular weight is 450 g/mol. The molecule has 1 fully saturated rings. The van der Waals surface area contributed by atoms with Gasteiger partial charge < -0.3 is 24.3 Å². The molecule has 2 aromatic heterocycles. The fraction of sp³-hybridized carbons (Fsp3) is 0.375. The van der Waals surface area contributed by atoms with Gasteiger partial charge in [-0.2, -0.15) is 0 Å². The van der Waals surface area contributed by atoms with Crippen LogP contribution in [-0.4, -0.2) is 60.2 Å². The van der Waals surface area contributed by atoms with Crippen LogP contribution in [0.5, 0.6) is 5.75 Å². The van der Waals surface area contributed by atoms with E-state index in [1.807, 2.05) is 16.7 Å². The minimum absolute atomic E-state index is 0.0389. The molecule has 9 nitrogen and oxygen atoms in total. The quantitative estimate of drug-likeness (QED) is 0.578. The number of amides is 1. The number of hydrogen-bond acceptors (Lipinski definition) is 6. The summed E-state index contributed by atoms with van der Waals surface area (Å²) in [5.74, 6) is 0.292. The maximum Gasteiger partial charge on any atom is 0.356 e. The van der Waals surface area contributed by atoms with Crippen LogP contribution in [0.15, 0.2) is 41.2 Å². The third-order valence-corrected chi connectivity index (χ3v) is 6.58. The molecule has 0 aliphatic carbocycles. The number of benzene rings is 1. The summed E-state index contributed by atoms with van der Waals surface area (Å²) in [4.78, 5) is 42.9. The van der Waals surface area contributed by atoms with E-state index in [1.54, 1.807) is 31.4 Å². The van der Waals surface area contributed by atoms with Gasteiger partial charge in [-0.05, 0) is 30.5 Å². The number of nitrogens with one attached hydrogen (secondary N) is 2. The molecule has 2 bridgehead atoms. The molecule has 0 spiro atoms. The molecule has 1 aromatic carbocycles. The Morgan fingerprint density at radius 1 is 1.12 bits per heavy atom. The van der Waals surface area contributed by atoms with Crippen LogP contribution in [0.25, 0.3) is 10.9 Å². The Bertz CT molecular complexity index is 1290. The molecule has 172 valence electrons. The topological polar surface area (TPSA) is 106 Å². The standard InChI is InChI=1S/C24H26N4O5/c1-32-18-7-3-5-16-21(18)22(23(25-16)24(31)33-2)26-19(29)13-27-10-14-9-15(12-27)17-6-4-8-20(30)28(17)11-14/h3-8,14-15,25H,9-13H2,1-2H3,(H,26,29)/t14-,15-/m1/s1. The number of anilines is 1. The third kappa shape index (κ3) is 3.78. The number of esters is 1. The molecule has 1 amide bonds. The van der Waals surface area contributed by atoms with Crippen LogP contribution in [0, 0.1) is 5.92 Å². The van der Waals surface area contributed by atoms with Crippen molar-refractivity contribution in [1.82, 2.24) is 14.5 Å². The van der Waals surface area contributed by atoms with Crippen LogP contribution < -0.4 is 15.6 Å². The van der Waals surface area contributed by atoms with Crippen molar-refractivity contribution in [3.63, 3.8) is 0 Å². The Hall–Kier alpha value is -3.59. The first-order valence-electron chi connectivity index (χ1n) is 11.0. The number of pyridine rings is 1. The third-order valence-electron chi connectivity index (χ3n) is 6.58. The van der Waals surface area contributed by atoms with Crippen LogP contribution >= 0.6 is 0 Å². The minimum atomic E-state index is -0.571. The van der Waals surface area contributed by atoms with Gasteiger partial charge in [0, 0.05) is 37.3 Å². The van der Waals surface area contributed by atoms with Gasteiger partial charge in [0.05, 0.1) is 37.4 Å². The first-order chi connectivity index (χ1) is 16.0. The molecule has 33 heavy (non-hydrogen) atoms. The van der Waals surface area contributed by atoms with Crippen LogP contribution in [0.2, 0.25) is 0 Å². The van der Waals surface area contributed by atoms with Gasteiger partial charge in [-0.15, -0.1) is 0 Å². The highest BCUT2D eigenvalue weighted by atomic mass is 16.5. The van der Waals surface area contributed by atoms with E-state index < -0.39 is 5.97 Å². The fourth-order valence-electron chi connectivity index (χ4n) is 5.27. The summed E-state index contributed by atoms with van der Waals surface area (Å²) in [6.45, 7) is 2.31. The van der Waals surface area contributed by atoms with Gasteiger partial charge in [0.1, 0.15) is 11.4 Å². The van der Waals surface area contributed by atoms with Gasteiger partial charge >= 0.3 is 5.97 Å².